The molecule has 0 bridgehead atoms. The summed E-state index contributed by atoms with van der Waals surface area (Å²) in [5, 5.41) is 5.76. The Labute approximate surface area is 151 Å². The molecule has 1 aromatic carbocycles. The summed E-state index contributed by atoms with van der Waals surface area (Å²) in [6.07, 6.45) is 2.91. The quantitative estimate of drug-likeness (QED) is 0.808. The highest BCUT2D eigenvalue weighted by atomic mass is 16.2. The fourth-order valence-electron chi connectivity index (χ4n) is 2.68. The van der Waals surface area contributed by atoms with Crippen LogP contribution in [0.25, 0.3) is 0 Å². The van der Waals surface area contributed by atoms with E-state index in [0.29, 0.717) is 36.2 Å². The predicted molar refractivity (Wildman–Crippen MR) is 100 cm³/mol. The number of anilines is 4. The number of carbonyl (C=O) groups excluding carboxylic acids is 2. The Morgan fingerprint density at radius 3 is 2.96 bits per heavy atom. The molecule has 0 spiro atoms. The molecule has 1 aromatic heterocycles. The van der Waals surface area contributed by atoms with Crippen LogP contribution in [0.4, 0.5) is 27.9 Å². The molecule has 0 unspecified atom stereocenters. The third kappa shape index (κ3) is 3.34. The molecule has 0 radical (unpaired) electrons. The predicted octanol–water partition coefficient (Wildman–Crippen LogP) is 2.74. The van der Waals surface area contributed by atoms with Gasteiger partial charge in [-0.3, -0.25) is 4.79 Å². The Morgan fingerprint density at radius 2 is 2.23 bits per heavy atom. The summed E-state index contributed by atoms with van der Waals surface area (Å²) in [4.78, 5) is 36.3. The lowest BCUT2D eigenvalue weighted by Crippen LogP contribution is -2.43. The van der Waals surface area contributed by atoms with E-state index in [9.17, 15) is 9.59 Å². The smallest absolute Gasteiger partial charge is 0.330 e. The van der Waals surface area contributed by atoms with Crippen LogP contribution >= 0.6 is 0 Å². The molecule has 3 amide bonds. The highest BCUT2D eigenvalue weighted by Gasteiger charge is 2.31. The van der Waals surface area contributed by atoms with Gasteiger partial charge in [-0.15, -0.1) is 0 Å². The molecule has 8 nitrogen and oxygen atoms in total. The minimum Gasteiger partial charge on any atom is -0.354 e. The van der Waals surface area contributed by atoms with Gasteiger partial charge >= 0.3 is 6.03 Å². The maximum absolute atomic E-state index is 12.8. The van der Waals surface area contributed by atoms with Gasteiger partial charge in [-0.2, -0.15) is 4.98 Å². The van der Waals surface area contributed by atoms with Gasteiger partial charge in [0.2, 0.25) is 11.9 Å². The first kappa shape index (κ1) is 17.4. The number of benzene rings is 1. The number of carbonyl (C=O) groups is 2. The lowest BCUT2D eigenvalue weighted by Gasteiger charge is -2.34. The molecule has 0 atom stereocenters. The summed E-state index contributed by atoms with van der Waals surface area (Å²) in [6.45, 7) is 6.50. The van der Waals surface area contributed by atoms with Crippen LogP contribution in [0.3, 0.4) is 0 Å². The second kappa shape index (κ2) is 7.22. The van der Waals surface area contributed by atoms with Gasteiger partial charge in [-0.1, -0.05) is 12.6 Å². The largest absolute Gasteiger partial charge is 0.354 e. The fraction of sp³-hybridized carbons (Fsp3) is 0.222. The van der Waals surface area contributed by atoms with E-state index < -0.39 is 0 Å². The van der Waals surface area contributed by atoms with Crippen molar-refractivity contribution in [3.8, 4) is 0 Å². The molecule has 134 valence electrons. The van der Waals surface area contributed by atoms with Crippen LogP contribution in [-0.2, 0) is 11.3 Å². The Balaban J connectivity index is 2.05. The van der Waals surface area contributed by atoms with Crippen LogP contribution in [0.1, 0.15) is 12.5 Å². The van der Waals surface area contributed by atoms with E-state index in [2.05, 4.69) is 27.2 Å². The number of amides is 3. The summed E-state index contributed by atoms with van der Waals surface area (Å²) in [7, 11) is 1.72. The average Bonchev–Trinajstić information content (AvgIpc) is 2.63. The second-order valence-electron chi connectivity index (χ2n) is 5.79. The summed E-state index contributed by atoms with van der Waals surface area (Å²) in [5.74, 6) is 0.678. The number of fused-ring (bicyclic) bond motifs is 1. The van der Waals surface area contributed by atoms with Crippen LogP contribution in [0, 0.1) is 0 Å². The highest BCUT2D eigenvalue weighted by molar-refractivity contribution is 6.02. The molecule has 1 aliphatic rings. The molecule has 1 aliphatic heterocycles. The van der Waals surface area contributed by atoms with Gasteiger partial charge in [0.1, 0.15) is 0 Å². The minimum atomic E-state index is -0.318. The van der Waals surface area contributed by atoms with E-state index >= 15 is 0 Å². The normalized spacial score (nSPS) is 13.2. The zero-order chi connectivity index (χ0) is 18.7. The number of nitrogens with one attached hydrogen (secondary N) is 2. The van der Waals surface area contributed by atoms with E-state index in [1.807, 2.05) is 6.92 Å². The number of rotatable bonds is 5. The van der Waals surface area contributed by atoms with Gasteiger partial charge in [0.25, 0.3) is 0 Å². The summed E-state index contributed by atoms with van der Waals surface area (Å²) >= 11 is 0. The lowest BCUT2D eigenvalue weighted by atomic mass is 10.2. The monoisotopic (exact) mass is 352 g/mol. The molecule has 2 heterocycles. The Morgan fingerprint density at radius 1 is 1.42 bits per heavy atom. The number of nitrogens with zero attached hydrogens (tertiary/aromatic N) is 4. The number of urea groups is 1. The topological polar surface area (TPSA) is 90.5 Å². The van der Waals surface area contributed by atoms with E-state index in [-0.39, 0.29) is 11.9 Å². The van der Waals surface area contributed by atoms with Gasteiger partial charge < -0.3 is 15.5 Å². The number of hydrogen-bond donors (Lipinski definition) is 2. The van der Waals surface area contributed by atoms with E-state index in [1.54, 1.807) is 42.4 Å². The minimum absolute atomic E-state index is 0.203. The average molecular weight is 352 g/mol. The molecular formula is C18H20N6O2. The first-order valence-corrected chi connectivity index (χ1v) is 8.22. The van der Waals surface area contributed by atoms with Crippen LogP contribution in [0.5, 0.6) is 0 Å². The van der Waals surface area contributed by atoms with Gasteiger partial charge in [0.15, 0.2) is 5.82 Å². The van der Waals surface area contributed by atoms with Crippen molar-refractivity contribution in [3.63, 3.8) is 0 Å². The molecule has 0 saturated carbocycles. The first-order chi connectivity index (χ1) is 12.5. The Hall–Kier alpha value is -3.42. The van der Waals surface area contributed by atoms with E-state index in [4.69, 9.17) is 0 Å². The Kier molecular flexibility index (Phi) is 4.83. The number of aromatic nitrogens is 2. The second-order valence-corrected chi connectivity index (χ2v) is 5.79. The van der Waals surface area contributed by atoms with Crippen molar-refractivity contribution >= 4 is 35.1 Å². The number of hydrogen-bond acceptors (Lipinski definition) is 5. The van der Waals surface area contributed by atoms with E-state index in [0.717, 1.165) is 5.56 Å². The molecule has 0 aliphatic carbocycles. The summed E-state index contributed by atoms with van der Waals surface area (Å²) in [6, 6.07) is 6.82. The maximum Gasteiger partial charge on any atom is 0.330 e. The highest BCUT2D eigenvalue weighted by Crippen LogP contribution is 2.34. The molecular weight excluding hydrogens is 332 g/mol. The zero-order valence-corrected chi connectivity index (χ0v) is 14.7. The standard InChI is InChI=1S/C18H20N6O2/c1-4-15(25)21-13-7-6-8-14(9-13)24-16-12(11-23(3)18(24)26)10-20-17(22-16)19-5-2/h4,6-10H,1,5,11H2,2-3H3,(H,21,25)(H,19,20,22). The molecule has 3 rings (SSSR count). The van der Waals surface area contributed by atoms with Gasteiger partial charge in [-0.25, -0.2) is 14.7 Å². The zero-order valence-electron chi connectivity index (χ0n) is 14.7. The van der Waals surface area contributed by atoms with Crippen molar-refractivity contribution < 1.29 is 9.59 Å². The van der Waals surface area contributed by atoms with Crippen molar-refractivity contribution in [3.05, 3.63) is 48.7 Å². The summed E-state index contributed by atoms with van der Waals surface area (Å²) in [5.41, 5.74) is 2.01. The van der Waals surface area contributed by atoms with Gasteiger partial charge in [0, 0.05) is 31.0 Å². The van der Waals surface area contributed by atoms with Crippen molar-refractivity contribution in [1.29, 1.82) is 0 Å². The first-order valence-electron chi connectivity index (χ1n) is 8.22. The third-order valence-electron chi connectivity index (χ3n) is 3.87. The fourth-order valence-corrected chi connectivity index (χ4v) is 2.68. The molecule has 8 heteroatoms. The molecule has 0 fully saturated rings. The van der Waals surface area contributed by atoms with Crippen molar-refractivity contribution in [2.24, 2.45) is 0 Å². The summed E-state index contributed by atoms with van der Waals surface area (Å²) < 4.78 is 0. The maximum atomic E-state index is 12.8. The Bertz CT molecular complexity index is 867. The van der Waals surface area contributed by atoms with Crippen molar-refractivity contribution in [2.45, 2.75) is 13.5 Å². The van der Waals surface area contributed by atoms with Crippen LogP contribution in [0.2, 0.25) is 0 Å². The molecule has 26 heavy (non-hydrogen) atoms. The molecule has 0 saturated heterocycles. The van der Waals surface area contributed by atoms with Crippen molar-refractivity contribution in [2.75, 3.05) is 29.1 Å². The SMILES string of the molecule is C=CC(=O)Nc1cccc(N2C(=O)N(C)Cc3cnc(NCC)nc32)c1. The van der Waals surface area contributed by atoms with Crippen molar-refractivity contribution in [1.82, 2.24) is 14.9 Å². The van der Waals surface area contributed by atoms with Crippen LogP contribution < -0.4 is 15.5 Å². The van der Waals surface area contributed by atoms with Gasteiger partial charge in [0.05, 0.1) is 12.2 Å². The third-order valence-corrected chi connectivity index (χ3v) is 3.87. The van der Waals surface area contributed by atoms with E-state index in [1.165, 1.54) is 11.0 Å². The molecule has 2 aromatic rings. The van der Waals surface area contributed by atoms with Crippen LogP contribution in [0.15, 0.2) is 43.1 Å². The molecule has 2 N–H and O–H groups in total. The lowest BCUT2D eigenvalue weighted by molar-refractivity contribution is -0.111. The van der Waals surface area contributed by atoms with Gasteiger partial charge in [-0.05, 0) is 31.2 Å². The van der Waals surface area contributed by atoms with Crippen LogP contribution in [-0.4, -0.2) is 40.4 Å².